The molecule has 122 valence electrons. The maximum absolute atomic E-state index is 12.6. The average Bonchev–Trinajstić information content (AvgIpc) is 2.46. The van der Waals surface area contributed by atoms with Gasteiger partial charge in [-0.1, -0.05) is 29.8 Å². The van der Waals surface area contributed by atoms with Gasteiger partial charge in [-0.15, -0.1) is 0 Å². The standard InChI is InChI=1S/C17H25ClN2O2/c1-16(2,3)22-15(21)20(4)17(9-11-19-12-10-17)13-7-5-6-8-14(13)18/h5-8,19H,9-12H2,1-4H3. The van der Waals surface area contributed by atoms with Crippen LogP contribution < -0.4 is 5.32 Å². The van der Waals surface area contributed by atoms with Crippen molar-refractivity contribution in [3.63, 3.8) is 0 Å². The maximum atomic E-state index is 12.6. The third-order valence-electron chi connectivity index (χ3n) is 4.12. The first-order valence-electron chi connectivity index (χ1n) is 7.69. The molecule has 1 aromatic carbocycles. The van der Waals surface area contributed by atoms with Gasteiger partial charge in [0.1, 0.15) is 5.60 Å². The molecule has 0 aromatic heterocycles. The highest BCUT2D eigenvalue weighted by Gasteiger charge is 2.42. The summed E-state index contributed by atoms with van der Waals surface area (Å²) >= 11 is 6.43. The van der Waals surface area contributed by atoms with Crippen LogP contribution in [-0.2, 0) is 10.3 Å². The van der Waals surface area contributed by atoms with Crippen LogP contribution in [0.1, 0.15) is 39.2 Å². The normalized spacial score (nSPS) is 17.9. The highest BCUT2D eigenvalue weighted by Crippen LogP contribution is 2.40. The summed E-state index contributed by atoms with van der Waals surface area (Å²) in [5.74, 6) is 0. The van der Waals surface area contributed by atoms with Crippen molar-refractivity contribution in [2.45, 2.75) is 44.8 Å². The molecule has 1 aliphatic heterocycles. The van der Waals surface area contributed by atoms with Crippen molar-refractivity contribution >= 4 is 17.7 Å². The van der Waals surface area contributed by atoms with E-state index in [-0.39, 0.29) is 6.09 Å². The second kappa shape index (κ2) is 6.47. The van der Waals surface area contributed by atoms with Gasteiger partial charge in [-0.2, -0.15) is 0 Å². The van der Waals surface area contributed by atoms with Gasteiger partial charge < -0.3 is 15.0 Å². The largest absolute Gasteiger partial charge is 0.444 e. The predicted octanol–water partition coefficient (Wildman–Crippen LogP) is 3.79. The molecule has 1 saturated heterocycles. The summed E-state index contributed by atoms with van der Waals surface area (Å²) in [7, 11) is 1.81. The Morgan fingerprint density at radius 1 is 1.27 bits per heavy atom. The molecule has 1 amide bonds. The molecule has 0 aliphatic carbocycles. The molecule has 4 nitrogen and oxygen atoms in total. The van der Waals surface area contributed by atoms with Crippen LogP contribution in [0.5, 0.6) is 0 Å². The highest BCUT2D eigenvalue weighted by molar-refractivity contribution is 6.31. The third-order valence-corrected chi connectivity index (χ3v) is 4.44. The van der Waals surface area contributed by atoms with Crippen LogP contribution in [0.3, 0.4) is 0 Å². The summed E-state index contributed by atoms with van der Waals surface area (Å²) in [5, 5.41) is 4.04. The van der Waals surface area contributed by atoms with Crippen molar-refractivity contribution in [2.24, 2.45) is 0 Å². The number of carbonyl (C=O) groups excluding carboxylic acids is 1. The molecule has 2 rings (SSSR count). The van der Waals surface area contributed by atoms with Gasteiger partial charge in [-0.3, -0.25) is 0 Å². The van der Waals surface area contributed by atoms with E-state index in [1.54, 1.807) is 4.90 Å². The first-order valence-corrected chi connectivity index (χ1v) is 8.07. The van der Waals surface area contributed by atoms with Gasteiger partial charge in [0.15, 0.2) is 0 Å². The number of rotatable bonds is 2. The number of nitrogens with zero attached hydrogens (tertiary/aromatic N) is 1. The Bertz CT molecular complexity index is 534. The van der Waals surface area contributed by atoms with Crippen molar-refractivity contribution in [1.29, 1.82) is 0 Å². The lowest BCUT2D eigenvalue weighted by molar-refractivity contribution is -0.00365. The summed E-state index contributed by atoms with van der Waals surface area (Å²) in [4.78, 5) is 14.3. The van der Waals surface area contributed by atoms with Crippen molar-refractivity contribution in [2.75, 3.05) is 20.1 Å². The minimum Gasteiger partial charge on any atom is -0.444 e. The van der Waals surface area contributed by atoms with E-state index >= 15 is 0 Å². The zero-order valence-electron chi connectivity index (χ0n) is 13.8. The summed E-state index contributed by atoms with van der Waals surface area (Å²) in [6.07, 6.45) is 1.31. The minimum absolute atomic E-state index is 0.311. The molecular formula is C17H25ClN2O2. The first kappa shape index (κ1) is 17.1. The molecule has 1 aliphatic rings. The number of benzene rings is 1. The Hall–Kier alpha value is -1.26. The van der Waals surface area contributed by atoms with E-state index in [4.69, 9.17) is 16.3 Å². The first-order chi connectivity index (χ1) is 10.3. The Morgan fingerprint density at radius 2 is 1.86 bits per heavy atom. The summed E-state index contributed by atoms with van der Waals surface area (Å²) in [5.41, 5.74) is 0.0535. The van der Waals surface area contributed by atoms with E-state index in [2.05, 4.69) is 5.32 Å². The van der Waals surface area contributed by atoms with E-state index in [0.717, 1.165) is 31.5 Å². The van der Waals surface area contributed by atoms with E-state index in [1.807, 2.05) is 52.1 Å². The zero-order chi connectivity index (χ0) is 16.4. The highest BCUT2D eigenvalue weighted by atomic mass is 35.5. The molecule has 0 unspecified atom stereocenters. The number of hydrogen-bond acceptors (Lipinski definition) is 3. The molecule has 1 N–H and O–H groups in total. The molecule has 5 heteroatoms. The molecule has 0 bridgehead atoms. The van der Waals surface area contributed by atoms with Crippen molar-refractivity contribution < 1.29 is 9.53 Å². The number of ether oxygens (including phenoxy) is 1. The zero-order valence-corrected chi connectivity index (χ0v) is 14.5. The van der Waals surface area contributed by atoms with Crippen LogP contribution in [0.15, 0.2) is 24.3 Å². The predicted molar refractivity (Wildman–Crippen MR) is 89.2 cm³/mol. The second-order valence-corrected chi connectivity index (χ2v) is 7.21. The molecule has 22 heavy (non-hydrogen) atoms. The molecule has 1 fully saturated rings. The lowest BCUT2D eigenvalue weighted by atomic mass is 9.80. The van der Waals surface area contributed by atoms with Crippen LogP contribution in [0, 0.1) is 0 Å². The smallest absolute Gasteiger partial charge is 0.410 e. The number of piperidine rings is 1. The number of amides is 1. The third kappa shape index (κ3) is 3.55. The van der Waals surface area contributed by atoms with Gasteiger partial charge in [0.25, 0.3) is 0 Å². The van der Waals surface area contributed by atoms with E-state index in [1.165, 1.54) is 0 Å². The lowest BCUT2D eigenvalue weighted by Crippen LogP contribution is -2.54. The molecule has 1 heterocycles. The van der Waals surface area contributed by atoms with Gasteiger partial charge in [0, 0.05) is 12.1 Å². The number of halogens is 1. The van der Waals surface area contributed by atoms with E-state index in [0.29, 0.717) is 5.02 Å². The molecule has 0 spiro atoms. The monoisotopic (exact) mass is 324 g/mol. The van der Waals surface area contributed by atoms with Crippen LogP contribution in [0.2, 0.25) is 5.02 Å². The second-order valence-electron chi connectivity index (χ2n) is 6.80. The Kier molecular flexibility index (Phi) is 5.03. The summed E-state index contributed by atoms with van der Waals surface area (Å²) in [6, 6.07) is 7.76. The maximum Gasteiger partial charge on any atom is 0.410 e. The van der Waals surface area contributed by atoms with Crippen molar-refractivity contribution in [3.8, 4) is 0 Å². The minimum atomic E-state index is -0.514. The van der Waals surface area contributed by atoms with Crippen molar-refractivity contribution in [3.05, 3.63) is 34.9 Å². The van der Waals surface area contributed by atoms with E-state index < -0.39 is 11.1 Å². The molecular weight excluding hydrogens is 300 g/mol. The Morgan fingerprint density at radius 3 is 2.41 bits per heavy atom. The fraction of sp³-hybridized carbons (Fsp3) is 0.588. The average molecular weight is 325 g/mol. The van der Waals surface area contributed by atoms with Crippen LogP contribution in [-0.4, -0.2) is 36.7 Å². The van der Waals surface area contributed by atoms with E-state index in [9.17, 15) is 4.79 Å². The van der Waals surface area contributed by atoms with Gasteiger partial charge in [-0.25, -0.2) is 4.79 Å². The molecule has 0 atom stereocenters. The summed E-state index contributed by atoms with van der Waals surface area (Å²) in [6.45, 7) is 7.33. The summed E-state index contributed by atoms with van der Waals surface area (Å²) < 4.78 is 5.56. The van der Waals surface area contributed by atoms with Crippen molar-refractivity contribution in [1.82, 2.24) is 10.2 Å². The SMILES string of the molecule is CN(C(=O)OC(C)(C)C)C1(c2ccccc2Cl)CCNCC1. The fourth-order valence-electron chi connectivity index (χ4n) is 2.97. The fourth-order valence-corrected chi connectivity index (χ4v) is 3.28. The quantitative estimate of drug-likeness (QED) is 0.900. The number of nitrogens with one attached hydrogen (secondary N) is 1. The van der Waals surface area contributed by atoms with Gasteiger partial charge in [-0.05, 0) is 58.3 Å². The Labute approximate surface area is 137 Å². The molecule has 1 aromatic rings. The molecule has 0 radical (unpaired) electrons. The van der Waals surface area contributed by atoms with Crippen LogP contribution >= 0.6 is 11.6 Å². The topological polar surface area (TPSA) is 41.6 Å². The number of carbonyl (C=O) groups is 1. The van der Waals surface area contributed by atoms with Crippen LogP contribution in [0.25, 0.3) is 0 Å². The lowest BCUT2D eigenvalue weighted by Gasteiger charge is -2.45. The number of hydrogen-bond donors (Lipinski definition) is 1. The molecule has 0 saturated carbocycles. The van der Waals surface area contributed by atoms with Gasteiger partial charge >= 0.3 is 6.09 Å². The van der Waals surface area contributed by atoms with Gasteiger partial charge in [0.2, 0.25) is 0 Å². The Balaban J connectivity index is 2.38. The van der Waals surface area contributed by atoms with Crippen LogP contribution in [0.4, 0.5) is 4.79 Å². The van der Waals surface area contributed by atoms with Gasteiger partial charge in [0.05, 0.1) is 5.54 Å².